The summed E-state index contributed by atoms with van der Waals surface area (Å²) in [5, 5.41) is 0. The van der Waals surface area contributed by atoms with Crippen molar-refractivity contribution < 1.29 is 13.2 Å². The zero-order valence-corrected chi connectivity index (χ0v) is 14.0. The third kappa shape index (κ3) is 3.80. The highest BCUT2D eigenvalue weighted by molar-refractivity contribution is 8.13. The minimum absolute atomic E-state index is 0.0312. The molecule has 1 unspecified atom stereocenters. The van der Waals surface area contributed by atoms with Gasteiger partial charge in [-0.25, -0.2) is 8.42 Å². The minimum atomic E-state index is -3.81. The van der Waals surface area contributed by atoms with Crippen molar-refractivity contribution in [2.75, 3.05) is 13.1 Å². The predicted molar refractivity (Wildman–Crippen MR) is 82.0 cm³/mol. The maximum absolute atomic E-state index is 12.6. The number of likely N-dealkylation sites (tertiary alicyclic amines) is 1. The van der Waals surface area contributed by atoms with Crippen molar-refractivity contribution in [2.24, 2.45) is 13.0 Å². The molecular weight excluding hydrogens is 312 g/mol. The lowest BCUT2D eigenvalue weighted by Gasteiger charge is -2.20. The van der Waals surface area contributed by atoms with E-state index in [1.165, 1.54) is 16.8 Å². The molecule has 1 aliphatic heterocycles. The second kappa shape index (κ2) is 6.40. The van der Waals surface area contributed by atoms with Gasteiger partial charge in [-0.05, 0) is 31.2 Å². The molecule has 1 aromatic rings. The van der Waals surface area contributed by atoms with Crippen molar-refractivity contribution >= 4 is 25.6 Å². The van der Waals surface area contributed by atoms with Crippen molar-refractivity contribution in [1.82, 2.24) is 9.47 Å². The minimum Gasteiger partial charge on any atom is -0.345 e. The van der Waals surface area contributed by atoms with Crippen LogP contribution in [0.15, 0.2) is 17.2 Å². The molecule has 118 valence electrons. The van der Waals surface area contributed by atoms with E-state index in [1.54, 1.807) is 7.05 Å². The molecule has 1 fully saturated rings. The standard InChI is InChI=1S/C14H21ClN2O3S/c1-3-11-5-4-7-17(8-6-11)14(18)13-9-12(10-16(13)2)21(15,19)20/h9-11H,3-8H2,1-2H3. The topological polar surface area (TPSA) is 59.4 Å². The molecule has 7 heteroatoms. The number of amides is 1. The van der Waals surface area contributed by atoms with Gasteiger partial charge < -0.3 is 9.47 Å². The van der Waals surface area contributed by atoms with Gasteiger partial charge in [-0.2, -0.15) is 0 Å². The highest BCUT2D eigenvalue weighted by Gasteiger charge is 2.24. The van der Waals surface area contributed by atoms with Crippen molar-refractivity contribution in [3.05, 3.63) is 18.0 Å². The van der Waals surface area contributed by atoms with Gasteiger partial charge >= 0.3 is 0 Å². The van der Waals surface area contributed by atoms with E-state index in [-0.39, 0.29) is 10.8 Å². The normalized spacial score (nSPS) is 20.3. The fraction of sp³-hybridized carbons (Fsp3) is 0.643. The van der Waals surface area contributed by atoms with Crippen LogP contribution in [0.25, 0.3) is 0 Å². The number of nitrogens with zero attached hydrogens (tertiary/aromatic N) is 2. The van der Waals surface area contributed by atoms with E-state index >= 15 is 0 Å². The lowest BCUT2D eigenvalue weighted by Crippen LogP contribution is -2.33. The first-order valence-electron chi connectivity index (χ1n) is 7.23. The quantitative estimate of drug-likeness (QED) is 0.799. The first kappa shape index (κ1) is 16.4. The van der Waals surface area contributed by atoms with Crippen LogP contribution in [0.2, 0.25) is 0 Å². The Morgan fingerprint density at radius 2 is 2.10 bits per heavy atom. The van der Waals surface area contributed by atoms with Crippen LogP contribution in [-0.2, 0) is 16.1 Å². The number of hydrogen-bond donors (Lipinski definition) is 0. The van der Waals surface area contributed by atoms with E-state index in [2.05, 4.69) is 6.92 Å². The summed E-state index contributed by atoms with van der Waals surface area (Å²) in [5.74, 6) is 0.552. The molecule has 0 bridgehead atoms. The van der Waals surface area contributed by atoms with Crippen LogP contribution in [-0.4, -0.2) is 36.9 Å². The van der Waals surface area contributed by atoms with Gasteiger partial charge in [0.05, 0.1) is 0 Å². The number of carbonyl (C=O) groups excluding carboxylic acids is 1. The van der Waals surface area contributed by atoms with Gasteiger partial charge in [-0.1, -0.05) is 13.3 Å². The molecule has 1 aromatic heterocycles. The fourth-order valence-electron chi connectivity index (χ4n) is 2.82. The molecular formula is C14H21ClN2O3S. The van der Waals surface area contributed by atoms with E-state index in [1.807, 2.05) is 4.90 Å². The summed E-state index contributed by atoms with van der Waals surface area (Å²) in [5.41, 5.74) is 0.365. The SMILES string of the molecule is CCC1CCCN(C(=O)c2cc(S(=O)(=O)Cl)cn2C)CC1. The molecule has 0 aliphatic carbocycles. The lowest BCUT2D eigenvalue weighted by molar-refractivity contribution is 0.0750. The van der Waals surface area contributed by atoms with Crippen LogP contribution in [0.5, 0.6) is 0 Å². The Morgan fingerprint density at radius 1 is 1.38 bits per heavy atom. The summed E-state index contributed by atoms with van der Waals surface area (Å²) >= 11 is 0. The highest BCUT2D eigenvalue weighted by atomic mass is 35.7. The molecule has 1 aliphatic rings. The zero-order valence-electron chi connectivity index (χ0n) is 12.4. The molecule has 5 nitrogen and oxygen atoms in total. The van der Waals surface area contributed by atoms with Gasteiger partial charge in [0.15, 0.2) is 0 Å². The van der Waals surface area contributed by atoms with Crippen LogP contribution in [0, 0.1) is 5.92 Å². The molecule has 2 rings (SSSR count). The number of halogens is 1. The Bertz CT molecular complexity index is 624. The van der Waals surface area contributed by atoms with Crippen molar-refractivity contribution in [2.45, 2.75) is 37.5 Å². The molecule has 0 spiro atoms. The van der Waals surface area contributed by atoms with Crippen molar-refractivity contribution in [1.29, 1.82) is 0 Å². The van der Waals surface area contributed by atoms with E-state index in [9.17, 15) is 13.2 Å². The van der Waals surface area contributed by atoms with Crippen LogP contribution in [0.1, 0.15) is 43.1 Å². The van der Waals surface area contributed by atoms with E-state index < -0.39 is 9.05 Å². The van der Waals surface area contributed by atoms with E-state index in [4.69, 9.17) is 10.7 Å². The number of aromatic nitrogens is 1. The average molecular weight is 333 g/mol. The Kier molecular flexibility index (Phi) is 4.99. The predicted octanol–water partition coefficient (Wildman–Crippen LogP) is 2.60. The van der Waals surface area contributed by atoms with Crippen LogP contribution < -0.4 is 0 Å². The van der Waals surface area contributed by atoms with Gasteiger partial charge in [0.25, 0.3) is 15.0 Å². The van der Waals surface area contributed by atoms with Gasteiger partial charge in [0, 0.05) is 37.0 Å². The van der Waals surface area contributed by atoms with Crippen LogP contribution in [0.4, 0.5) is 0 Å². The number of rotatable bonds is 3. The Balaban J connectivity index is 2.18. The summed E-state index contributed by atoms with van der Waals surface area (Å²) in [6.07, 6.45) is 5.67. The highest BCUT2D eigenvalue weighted by Crippen LogP contribution is 2.23. The van der Waals surface area contributed by atoms with Crippen LogP contribution in [0.3, 0.4) is 0 Å². The lowest BCUT2D eigenvalue weighted by atomic mass is 9.98. The summed E-state index contributed by atoms with van der Waals surface area (Å²) in [6, 6.07) is 1.35. The van der Waals surface area contributed by atoms with E-state index in [0.29, 0.717) is 11.6 Å². The summed E-state index contributed by atoms with van der Waals surface area (Å²) in [4.78, 5) is 14.4. The van der Waals surface area contributed by atoms with Gasteiger partial charge in [-0.15, -0.1) is 0 Å². The maximum atomic E-state index is 12.6. The number of aryl methyl sites for hydroxylation is 1. The Morgan fingerprint density at radius 3 is 2.67 bits per heavy atom. The number of hydrogen-bond acceptors (Lipinski definition) is 3. The molecule has 1 amide bonds. The summed E-state index contributed by atoms with van der Waals surface area (Å²) < 4.78 is 24.3. The molecule has 0 saturated carbocycles. The second-order valence-electron chi connectivity index (χ2n) is 5.61. The monoisotopic (exact) mass is 332 g/mol. The van der Waals surface area contributed by atoms with Crippen LogP contribution >= 0.6 is 10.7 Å². The molecule has 2 heterocycles. The fourth-order valence-corrected chi connectivity index (χ4v) is 3.61. The smallest absolute Gasteiger partial charge is 0.270 e. The van der Waals surface area contributed by atoms with E-state index in [0.717, 1.165) is 38.8 Å². The van der Waals surface area contributed by atoms with Crippen molar-refractivity contribution in [3.63, 3.8) is 0 Å². The Hall–Kier alpha value is -1.01. The molecule has 0 N–H and O–H groups in total. The summed E-state index contributed by atoms with van der Waals surface area (Å²) in [6.45, 7) is 3.63. The van der Waals surface area contributed by atoms with Gasteiger partial charge in [-0.3, -0.25) is 4.79 Å². The van der Waals surface area contributed by atoms with Crippen molar-refractivity contribution in [3.8, 4) is 0 Å². The zero-order chi connectivity index (χ0) is 15.6. The third-order valence-corrected chi connectivity index (χ3v) is 5.51. The second-order valence-corrected chi connectivity index (χ2v) is 8.17. The first-order valence-corrected chi connectivity index (χ1v) is 9.54. The maximum Gasteiger partial charge on any atom is 0.270 e. The summed E-state index contributed by atoms with van der Waals surface area (Å²) in [7, 11) is 3.18. The Labute approximate surface area is 130 Å². The van der Waals surface area contributed by atoms with Gasteiger partial charge in [0.1, 0.15) is 10.6 Å². The molecule has 0 radical (unpaired) electrons. The third-order valence-electron chi connectivity index (χ3n) is 4.19. The molecule has 1 atom stereocenters. The molecule has 0 aromatic carbocycles. The molecule has 1 saturated heterocycles. The number of carbonyl (C=O) groups is 1. The first-order chi connectivity index (χ1) is 9.82. The largest absolute Gasteiger partial charge is 0.345 e. The average Bonchev–Trinajstić information content (AvgIpc) is 2.67. The van der Waals surface area contributed by atoms with Gasteiger partial charge in [0.2, 0.25) is 0 Å². The molecule has 21 heavy (non-hydrogen) atoms.